The molecule has 0 radical (unpaired) electrons. The lowest BCUT2D eigenvalue weighted by Gasteiger charge is -2.54. The lowest BCUT2D eigenvalue weighted by molar-refractivity contribution is -0.141. The van der Waals surface area contributed by atoms with E-state index >= 15 is 0 Å². The molecule has 2 fully saturated rings. The first-order valence-electron chi connectivity index (χ1n) is 10.5. The molecule has 2 aromatic rings. The minimum Gasteiger partial charge on any atom is -0.481 e. The molecule has 1 amide bonds. The van der Waals surface area contributed by atoms with Crippen LogP contribution >= 0.6 is 11.3 Å². The summed E-state index contributed by atoms with van der Waals surface area (Å²) in [4.78, 5) is 30.9. The van der Waals surface area contributed by atoms with E-state index in [9.17, 15) is 28.6 Å². The number of hydrogen-bond acceptors (Lipinski definition) is 6. The first-order valence-corrected chi connectivity index (χ1v) is 11.3. The summed E-state index contributed by atoms with van der Waals surface area (Å²) in [7, 11) is 0. The maximum atomic E-state index is 14.0. The molecule has 0 bridgehead atoms. The van der Waals surface area contributed by atoms with Crippen molar-refractivity contribution in [3.05, 3.63) is 41.0 Å². The number of aliphatic hydroxyl groups is 1. The minimum absolute atomic E-state index is 0.0839. The largest absolute Gasteiger partial charge is 0.481 e. The molecule has 10 heteroatoms. The average Bonchev–Trinajstić information content (AvgIpc) is 3.15. The van der Waals surface area contributed by atoms with Gasteiger partial charge in [0.25, 0.3) is 5.91 Å². The summed E-state index contributed by atoms with van der Waals surface area (Å²) in [5.41, 5.74) is -1.41. The first kappa shape index (κ1) is 22.8. The van der Waals surface area contributed by atoms with Gasteiger partial charge in [0.1, 0.15) is 11.6 Å². The predicted octanol–water partition coefficient (Wildman–Crippen LogP) is 3.04. The molecule has 2 aliphatic rings. The number of benzene rings is 1. The van der Waals surface area contributed by atoms with Gasteiger partial charge in [-0.3, -0.25) is 14.5 Å². The molecule has 2 heterocycles. The van der Waals surface area contributed by atoms with Crippen LogP contribution in [0.3, 0.4) is 0 Å². The number of likely N-dealkylation sites (tertiary alicyclic amines) is 1. The van der Waals surface area contributed by atoms with E-state index in [-0.39, 0.29) is 23.0 Å². The van der Waals surface area contributed by atoms with Gasteiger partial charge in [-0.05, 0) is 44.7 Å². The van der Waals surface area contributed by atoms with Gasteiger partial charge in [-0.1, -0.05) is 0 Å². The molecule has 172 valence electrons. The monoisotopic (exact) mass is 465 g/mol. The van der Waals surface area contributed by atoms with E-state index in [1.165, 1.54) is 12.3 Å². The van der Waals surface area contributed by atoms with Crippen molar-refractivity contribution in [2.75, 3.05) is 13.1 Å². The van der Waals surface area contributed by atoms with Crippen molar-refractivity contribution in [1.29, 1.82) is 0 Å². The number of amides is 1. The van der Waals surface area contributed by atoms with E-state index in [0.717, 1.165) is 36.3 Å². The molecule has 1 aromatic carbocycles. The number of carbonyl (C=O) groups excluding carboxylic acids is 1. The zero-order chi connectivity index (χ0) is 23.1. The van der Waals surface area contributed by atoms with Gasteiger partial charge in [-0.15, -0.1) is 11.3 Å². The standard InChI is InChI=1S/C22H25F2N3O4S/c1-21(31)6-4-14(5-7-21)27-11-22(12-27,9-18(28)29)26-19(30)20-25-10-17(32-20)15-3-2-13(23)8-16(15)24/h2-3,8,10,14,31H,4-7,9,11-12H2,1H3,(H,26,30)(H,28,29). The lowest BCUT2D eigenvalue weighted by Crippen LogP contribution is -2.73. The van der Waals surface area contributed by atoms with Crippen LogP contribution in [0.4, 0.5) is 8.78 Å². The Kier molecular flexibility index (Phi) is 6.04. The van der Waals surface area contributed by atoms with Crippen LogP contribution in [-0.2, 0) is 4.79 Å². The van der Waals surface area contributed by atoms with Crippen LogP contribution in [0.25, 0.3) is 10.4 Å². The highest BCUT2D eigenvalue weighted by Crippen LogP contribution is 2.36. The topological polar surface area (TPSA) is 103 Å². The smallest absolute Gasteiger partial charge is 0.305 e. The summed E-state index contributed by atoms with van der Waals surface area (Å²) in [5, 5.41) is 22.4. The zero-order valence-corrected chi connectivity index (χ0v) is 18.4. The van der Waals surface area contributed by atoms with Crippen molar-refractivity contribution in [2.24, 2.45) is 0 Å². The van der Waals surface area contributed by atoms with Gasteiger partial charge in [0, 0.05) is 37.0 Å². The Hall–Kier alpha value is -2.43. The van der Waals surface area contributed by atoms with Gasteiger partial charge in [0.05, 0.1) is 22.4 Å². The Bertz CT molecular complexity index is 1030. The number of nitrogens with one attached hydrogen (secondary N) is 1. The number of nitrogens with zero attached hydrogens (tertiary/aromatic N) is 2. The normalized spacial score (nSPS) is 25.2. The number of halogens is 2. The van der Waals surface area contributed by atoms with Crippen molar-refractivity contribution < 1.29 is 28.6 Å². The number of hydrogen-bond donors (Lipinski definition) is 3. The van der Waals surface area contributed by atoms with Crippen LogP contribution in [0.1, 0.15) is 48.8 Å². The molecule has 1 saturated carbocycles. The Balaban J connectivity index is 1.43. The van der Waals surface area contributed by atoms with Crippen LogP contribution in [0, 0.1) is 11.6 Å². The lowest BCUT2D eigenvalue weighted by atomic mass is 9.78. The summed E-state index contributed by atoms with van der Waals surface area (Å²) in [6.07, 6.45) is 4.15. The zero-order valence-electron chi connectivity index (χ0n) is 17.6. The van der Waals surface area contributed by atoms with Crippen molar-refractivity contribution >= 4 is 23.2 Å². The molecule has 0 atom stereocenters. The number of aliphatic carboxylic acids is 1. The third-order valence-electron chi connectivity index (χ3n) is 6.33. The Morgan fingerprint density at radius 3 is 2.59 bits per heavy atom. The minimum atomic E-state index is -1.01. The number of thiazole rings is 1. The van der Waals surface area contributed by atoms with Gasteiger partial charge in [0.2, 0.25) is 0 Å². The maximum absolute atomic E-state index is 14.0. The molecule has 1 saturated heterocycles. The van der Waals surface area contributed by atoms with E-state index < -0.39 is 34.7 Å². The van der Waals surface area contributed by atoms with Gasteiger partial charge >= 0.3 is 5.97 Å². The van der Waals surface area contributed by atoms with Gasteiger partial charge in [0.15, 0.2) is 5.01 Å². The van der Waals surface area contributed by atoms with Crippen molar-refractivity contribution in [3.8, 4) is 10.4 Å². The van der Waals surface area contributed by atoms with Crippen LogP contribution in [0.5, 0.6) is 0 Å². The highest BCUT2D eigenvalue weighted by molar-refractivity contribution is 7.17. The molecule has 0 unspecified atom stereocenters. The van der Waals surface area contributed by atoms with E-state index in [1.54, 1.807) is 0 Å². The summed E-state index contributed by atoms with van der Waals surface area (Å²) in [6, 6.07) is 3.44. The Morgan fingerprint density at radius 1 is 1.28 bits per heavy atom. The average molecular weight is 466 g/mol. The number of carboxylic acid groups (broad SMARTS) is 1. The molecule has 3 N–H and O–H groups in total. The quantitative estimate of drug-likeness (QED) is 0.606. The van der Waals surface area contributed by atoms with Crippen LogP contribution in [0.2, 0.25) is 0 Å². The van der Waals surface area contributed by atoms with Crippen LogP contribution in [0.15, 0.2) is 24.4 Å². The Labute approximate surface area is 188 Å². The highest BCUT2D eigenvalue weighted by Gasteiger charge is 2.49. The third-order valence-corrected chi connectivity index (χ3v) is 7.35. The number of rotatable bonds is 6. The molecule has 0 spiro atoms. The number of carbonyl (C=O) groups is 2. The molecular weight excluding hydrogens is 440 g/mol. The number of aromatic nitrogens is 1. The SMILES string of the molecule is CC1(O)CCC(N2CC(CC(=O)O)(NC(=O)c3ncc(-c4ccc(F)cc4F)s3)C2)CC1. The van der Waals surface area contributed by atoms with Gasteiger partial charge in [-0.25, -0.2) is 13.8 Å². The second-order valence-corrected chi connectivity index (χ2v) is 10.1. The molecule has 1 aliphatic carbocycles. The molecular formula is C22H25F2N3O4S. The molecule has 1 aliphatic heterocycles. The molecule has 32 heavy (non-hydrogen) atoms. The molecule has 4 rings (SSSR count). The van der Waals surface area contributed by atoms with Crippen molar-refractivity contribution in [1.82, 2.24) is 15.2 Å². The van der Waals surface area contributed by atoms with E-state index in [4.69, 9.17) is 0 Å². The van der Waals surface area contributed by atoms with Crippen LogP contribution < -0.4 is 5.32 Å². The summed E-state index contributed by atoms with van der Waals surface area (Å²) >= 11 is 0.962. The van der Waals surface area contributed by atoms with E-state index in [0.29, 0.717) is 30.8 Å². The second-order valence-electron chi connectivity index (χ2n) is 9.09. The van der Waals surface area contributed by atoms with Crippen molar-refractivity contribution in [2.45, 2.75) is 56.2 Å². The fraction of sp³-hybridized carbons (Fsp3) is 0.500. The van der Waals surface area contributed by atoms with E-state index in [1.807, 2.05) is 6.92 Å². The fourth-order valence-electron chi connectivity index (χ4n) is 4.59. The maximum Gasteiger partial charge on any atom is 0.305 e. The first-order chi connectivity index (χ1) is 15.1. The summed E-state index contributed by atoms with van der Waals surface area (Å²) < 4.78 is 27.2. The molecule has 1 aromatic heterocycles. The fourth-order valence-corrected chi connectivity index (χ4v) is 5.43. The summed E-state index contributed by atoms with van der Waals surface area (Å²) in [5.74, 6) is -2.97. The van der Waals surface area contributed by atoms with Gasteiger partial charge in [-0.2, -0.15) is 0 Å². The second kappa shape index (κ2) is 8.49. The summed E-state index contributed by atoms with van der Waals surface area (Å²) in [6.45, 7) is 2.64. The van der Waals surface area contributed by atoms with E-state index in [2.05, 4.69) is 15.2 Å². The van der Waals surface area contributed by atoms with Gasteiger partial charge < -0.3 is 15.5 Å². The Morgan fingerprint density at radius 2 is 1.97 bits per heavy atom. The predicted molar refractivity (Wildman–Crippen MR) is 114 cm³/mol. The van der Waals surface area contributed by atoms with Crippen molar-refractivity contribution in [3.63, 3.8) is 0 Å². The molecule has 7 nitrogen and oxygen atoms in total. The third kappa shape index (κ3) is 4.82. The van der Waals surface area contributed by atoms with Crippen LogP contribution in [-0.4, -0.2) is 62.2 Å². The highest BCUT2D eigenvalue weighted by atomic mass is 32.1. The number of carboxylic acids is 1.